The van der Waals surface area contributed by atoms with Crippen LogP contribution in [0.2, 0.25) is 0 Å². The van der Waals surface area contributed by atoms with Crippen LogP contribution in [0.3, 0.4) is 0 Å². The number of aromatic nitrogens is 2. The number of rotatable bonds is 5. The topological polar surface area (TPSA) is 46.0 Å². The van der Waals surface area contributed by atoms with Gasteiger partial charge in [-0.15, -0.1) is 0 Å². The molecule has 88 valence electrons. The normalized spacial score (nSPS) is 10.4. The highest BCUT2D eigenvalue weighted by atomic mass is 16.2. The lowest BCUT2D eigenvalue weighted by atomic mass is 10.1. The molecule has 0 fully saturated rings. The van der Waals surface area contributed by atoms with Crippen molar-refractivity contribution < 1.29 is 5.11 Å². The van der Waals surface area contributed by atoms with E-state index in [0.717, 1.165) is 30.7 Å². The van der Waals surface area contributed by atoms with Crippen molar-refractivity contribution in [3.8, 4) is 11.4 Å². The van der Waals surface area contributed by atoms with Crippen LogP contribution in [0.15, 0.2) is 42.7 Å². The molecule has 0 aromatic carbocycles. The summed E-state index contributed by atoms with van der Waals surface area (Å²) < 4.78 is 0. The fourth-order valence-electron chi connectivity index (χ4n) is 1.68. The van der Waals surface area contributed by atoms with Crippen molar-refractivity contribution in [2.75, 3.05) is 6.61 Å². The highest BCUT2D eigenvalue weighted by molar-refractivity contribution is 5.53. The van der Waals surface area contributed by atoms with Gasteiger partial charge in [0.05, 0.1) is 11.4 Å². The Morgan fingerprint density at radius 3 is 2.47 bits per heavy atom. The van der Waals surface area contributed by atoms with Crippen molar-refractivity contribution >= 4 is 0 Å². The summed E-state index contributed by atoms with van der Waals surface area (Å²) in [5.74, 6) is 0. The van der Waals surface area contributed by atoms with Gasteiger partial charge in [-0.3, -0.25) is 9.97 Å². The van der Waals surface area contributed by atoms with E-state index in [1.165, 1.54) is 5.56 Å². The van der Waals surface area contributed by atoms with Crippen LogP contribution in [0, 0.1) is 0 Å². The minimum atomic E-state index is 0.263. The number of aliphatic hydroxyl groups is 1. The number of pyridine rings is 2. The molecule has 0 amide bonds. The molecule has 0 aliphatic rings. The molecular weight excluding hydrogens is 212 g/mol. The summed E-state index contributed by atoms with van der Waals surface area (Å²) in [4.78, 5) is 8.66. The average Bonchev–Trinajstić information content (AvgIpc) is 2.41. The number of nitrogens with zero attached hydrogens (tertiary/aromatic N) is 2. The first-order valence-corrected chi connectivity index (χ1v) is 5.87. The molecule has 0 unspecified atom stereocenters. The lowest BCUT2D eigenvalue weighted by Crippen LogP contribution is -1.91. The molecule has 0 aliphatic carbocycles. The average molecular weight is 228 g/mol. The summed E-state index contributed by atoms with van der Waals surface area (Å²) >= 11 is 0. The molecule has 0 saturated carbocycles. The fourth-order valence-corrected chi connectivity index (χ4v) is 1.68. The summed E-state index contributed by atoms with van der Waals surface area (Å²) in [5, 5.41) is 8.71. The Kier molecular flexibility index (Phi) is 4.22. The maximum absolute atomic E-state index is 8.71. The van der Waals surface area contributed by atoms with Gasteiger partial charge in [-0.25, -0.2) is 0 Å². The third-order valence-corrected chi connectivity index (χ3v) is 2.63. The van der Waals surface area contributed by atoms with E-state index < -0.39 is 0 Å². The Bertz CT molecular complexity index is 440. The molecule has 3 nitrogen and oxygen atoms in total. The summed E-state index contributed by atoms with van der Waals surface area (Å²) in [7, 11) is 0. The van der Waals surface area contributed by atoms with E-state index in [0.29, 0.717) is 0 Å². The van der Waals surface area contributed by atoms with E-state index in [1.54, 1.807) is 6.20 Å². The minimum Gasteiger partial charge on any atom is -0.396 e. The highest BCUT2D eigenvalue weighted by Gasteiger charge is 2.00. The van der Waals surface area contributed by atoms with Crippen LogP contribution in [0.1, 0.15) is 18.4 Å². The molecule has 2 aromatic rings. The van der Waals surface area contributed by atoms with Crippen LogP contribution in [0.25, 0.3) is 11.4 Å². The summed E-state index contributed by atoms with van der Waals surface area (Å²) in [6.45, 7) is 0.263. The second kappa shape index (κ2) is 6.11. The molecule has 17 heavy (non-hydrogen) atoms. The third-order valence-electron chi connectivity index (χ3n) is 2.63. The SMILES string of the molecule is OCCCCc1ccc(-c2ccccn2)nc1. The summed E-state index contributed by atoms with van der Waals surface area (Å²) in [6, 6.07) is 9.88. The number of hydrogen-bond donors (Lipinski definition) is 1. The zero-order valence-corrected chi connectivity index (χ0v) is 9.71. The Balaban J connectivity index is 2.03. The van der Waals surface area contributed by atoms with Crippen LogP contribution >= 0.6 is 0 Å². The molecule has 2 aromatic heterocycles. The first kappa shape index (κ1) is 11.7. The predicted molar refractivity (Wildman–Crippen MR) is 67.5 cm³/mol. The standard InChI is InChI=1S/C14H16N2O/c17-10-4-2-5-12-7-8-14(16-11-12)13-6-1-3-9-15-13/h1,3,6-9,11,17H,2,4-5,10H2. The molecule has 0 bridgehead atoms. The predicted octanol–water partition coefficient (Wildman–Crippen LogP) is 2.46. The van der Waals surface area contributed by atoms with Gasteiger partial charge >= 0.3 is 0 Å². The van der Waals surface area contributed by atoms with E-state index in [4.69, 9.17) is 5.11 Å². The number of aryl methyl sites for hydroxylation is 1. The van der Waals surface area contributed by atoms with Crippen molar-refractivity contribution in [2.45, 2.75) is 19.3 Å². The monoisotopic (exact) mass is 228 g/mol. The van der Waals surface area contributed by atoms with Gasteiger partial charge in [-0.1, -0.05) is 12.1 Å². The number of unbranched alkanes of at least 4 members (excludes halogenated alkanes) is 1. The van der Waals surface area contributed by atoms with Gasteiger partial charge in [-0.2, -0.15) is 0 Å². The van der Waals surface area contributed by atoms with E-state index >= 15 is 0 Å². The maximum Gasteiger partial charge on any atom is 0.0886 e. The highest BCUT2D eigenvalue weighted by Crippen LogP contribution is 2.14. The molecule has 3 heteroatoms. The smallest absolute Gasteiger partial charge is 0.0886 e. The molecule has 0 aliphatic heterocycles. The van der Waals surface area contributed by atoms with Crippen molar-refractivity contribution in [1.82, 2.24) is 9.97 Å². The largest absolute Gasteiger partial charge is 0.396 e. The van der Waals surface area contributed by atoms with Crippen LogP contribution in [0.5, 0.6) is 0 Å². The first-order valence-electron chi connectivity index (χ1n) is 5.87. The van der Waals surface area contributed by atoms with Gasteiger partial charge in [0.25, 0.3) is 0 Å². The van der Waals surface area contributed by atoms with E-state index in [2.05, 4.69) is 16.0 Å². The Hall–Kier alpha value is -1.74. The van der Waals surface area contributed by atoms with Crippen LogP contribution in [0.4, 0.5) is 0 Å². The fraction of sp³-hybridized carbons (Fsp3) is 0.286. The van der Waals surface area contributed by atoms with Gasteiger partial charge in [0.2, 0.25) is 0 Å². The van der Waals surface area contributed by atoms with Crippen molar-refractivity contribution in [3.63, 3.8) is 0 Å². The van der Waals surface area contributed by atoms with Crippen molar-refractivity contribution in [1.29, 1.82) is 0 Å². The molecule has 1 N–H and O–H groups in total. The van der Waals surface area contributed by atoms with E-state index in [-0.39, 0.29) is 6.61 Å². The number of hydrogen-bond acceptors (Lipinski definition) is 3. The van der Waals surface area contributed by atoms with Gasteiger partial charge in [-0.05, 0) is 43.0 Å². The quantitative estimate of drug-likeness (QED) is 0.799. The van der Waals surface area contributed by atoms with Crippen molar-refractivity contribution in [3.05, 3.63) is 48.3 Å². The lowest BCUT2D eigenvalue weighted by Gasteiger charge is -2.02. The van der Waals surface area contributed by atoms with Gasteiger partial charge in [0, 0.05) is 19.0 Å². The Labute approximate surface area is 101 Å². The van der Waals surface area contributed by atoms with Crippen molar-refractivity contribution in [2.24, 2.45) is 0 Å². The summed E-state index contributed by atoms with van der Waals surface area (Å²) in [5.41, 5.74) is 3.00. The number of aliphatic hydroxyl groups excluding tert-OH is 1. The van der Waals surface area contributed by atoms with E-state index in [9.17, 15) is 0 Å². The Morgan fingerprint density at radius 1 is 0.941 bits per heavy atom. The summed E-state index contributed by atoms with van der Waals surface area (Å²) in [6.07, 6.45) is 6.48. The zero-order valence-electron chi connectivity index (χ0n) is 9.71. The van der Waals surface area contributed by atoms with Crippen LogP contribution < -0.4 is 0 Å². The molecule has 2 rings (SSSR count). The van der Waals surface area contributed by atoms with Crippen LogP contribution in [-0.4, -0.2) is 21.7 Å². The molecule has 0 spiro atoms. The molecule has 0 atom stereocenters. The lowest BCUT2D eigenvalue weighted by molar-refractivity contribution is 0.284. The molecule has 0 saturated heterocycles. The Morgan fingerprint density at radius 2 is 1.82 bits per heavy atom. The van der Waals surface area contributed by atoms with Gasteiger partial charge in [0.15, 0.2) is 0 Å². The maximum atomic E-state index is 8.71. The zero-order chi connectivity index (χ0) is 11.9. The van der Waals surface area contributed by atoms with E-state index in [1.807, 2.05) is 30.5 Å². The minimum absolute atomic E-state index is 0.263. The molecule has 2 heterocycles. The first-order chi connectivity index (χ1) is 8.40. The second-order valence-corrected chi connectivity index (χ2v) is 3.95. The van der Waals surface area contributed by atoms with Gasteiger partial charge in [0.1, 0.15) is 0 Å². The van der Waals surface area contributed by atoms with Crippen LogP contribution in [-0.2, 0) is 6.42 Å². The second-order valence-electron chi connectivity index (χ2n) is 3.95. The molecular formula is C14H16N2O. The van der Waals surface area contributed by atoms with Gasteiger partial charge < -0.3 is 5.11 Å². The third kappa shape index (κ3) is 3.36. The molecule has 0 radical (unpaired) electrons.